The van der Waals surface area contributed by atoms with Crippen molar-refractivity contribution in [2.24, 2.45) is 0 Å². The van der Waals surface area contributed by atoms with E-state index in [0.29, 0.717) is 26.1 Å². The minimum atomic E-state index is 0.164. The van der Waals surface area contributed by atoms with Gasteiger partial charge in [-0.1, -0.05) is 0 Å². The molecule has 7 heteroatoms. The summed E-state index contributed by atoms with van der Waals surface area (Å²) in [6.45, 7) is 3.58. The lowest BCUT2D eigenvalue weighted by molar-refractivity contribution is -0.131. The summed E-state index contributed by atoms with van der Waals surface area (Å²) in [6, 6.07) is 3.43. The van der Waals surface area contributed by atoms with E-state index in [-0.39, 0.29) is 11.7 Å². The molecule has 0 aromatic carbocycles. The first-order valence-electron chi connectivity index (χ1n) is 7.36. The van der Waals surface area contributed by atoms with Gasteiger partial charge in [-0.15, -0.1) is 0 Å². The molecular formula is C15H19N5O2. The molecule has 0 bridgehead atoms. The topological polar surface area (TPSA) is 74.5 Å². The lowest BCUT2D eigenvalue weighted by Gasteiger charge is -2.35. The Morgan fingerprint density at radius 2 is 2.05 bits per heavy atom. The highest BCUT2D eigenvalue weighted by molar-refractivity contribution is 5.76. The average molecular weight is 301 g/mol. The van der Waals surface area contributed by atoms with Crippen LogP contribution in [0.2, 0.25) is 0 Å². The summed E-state index contributed by atoms with van der Waals surface area (Å²) in [7, 11) is 0. The molecule has 2 aromatic heterocycles. The SMILES string of the molecule is O=C(CCn1ccnc1)N1CCN(c2ccc(O)cn2)CC1. The zero-order chi connectivity index (χ0) is 15.4. The molecule has 3 heterocycles. The largest absolute Gasteiger partial charge is 0.506 e. The highest BCUT2D eigenvalue weighted by atomic mass is 16.3. The van der Waals surface area contributed by atoms with Gasteiger partial charge in [-0.05, 0) is 12.1 Å². The van der Waals surface area contributed by atoms with Gasteiger partial charge in [0.05, 0.1) is 12.5 Å². The van der Waals surface area contributed by atoms with Gasteiger partial charge in [0.15, 0.2) is 0 Å². The molecule has 0 unspecified atom stereocenters. The van der Waals surface area contributed by atoms with Crippen molar-refractivity contribution < 1.29 is 9.90 Å². The van der Waals surface area contributed by atoms with Crippen molar-refractivity contribution in [3.63, 3.8) is 0 Å². The standard InChI is InChI=1S/C15H19N5O2/c21-13-1-2-14(17-11-13)19-7-9-20(10-8-19)15(22)3-5-18-6-4-16-12-18/h1-2,4,6,11-12,21H,3,5,7-10H2. The number of rotatable bonds is 4. The number of aromatic nitrogens is 3. The normalized spacial score (nSPS) is 15.1. The smallest absolute Gasteiger partial charge is 0.224 e. The maximum atomic E-state index is 12.2. The van der Waals surface area contributed by atoms with Gasteiger partial charge in [0.1, 0.15) is 11.6 Å². The van der Waals surface area contributed by atoms with Crippen molar-refractivity contribution in [2.45, 2.75) is 13.0 Å². The van der Waals surface area contributed by atoms with Crippen molar-refractivity contribution in [1.29, 1.82) is 0 Å². The van der Waals surface area contributed by atoms with Crippen molar-refractivity contribution >= 4 is 11.7 Å². The van der Waals surface area contributed by atoms with E-state index in [9.17, 15) is 9.90 Å². The average Bonchev–Trinajstić information content (AvgIpc) is 3.07. The van der Waals surface area contributed by atoms with Crippen LogP contribution in [-0.2, 0) is 11.3 Å². The summed E-state index contributed by atoms with van der Waals surface area (Å²) in [4.78, 5) is 24.4. The molecule has 7 nitrogen and oxygen atoms in total. The zero-order valence-corrected chi connectivity index (χ0v) is 12.3. The van der Waals surface area contributed by atoms with E-state index in [2.05, 4.69) is 14.9 Å². The summed E-state index contributed by atoms with van der Waals surface area (Å²) in [5.41, 5.74) is 0. The summed E-state index contributed by atoms with van der Waals surface area (Å²) in [5, 5.41) is 9.27. The van der Waals surface area contributed by atoms with Gasteiger partial charge in [-0.3, -0.25) is 4.79 Å². The highest BCUT2D eigenvalue weighted by Crippen LogP contribution is 2.16. The van der Waals surface area contributed by atoms with Crippen LogP contribution in [0.15, 0.2) is 37.1 Å². The number of pyridine rings is 1. The second-order valence-corrected chi connectivity index (χ2v) is 5.29. The molecule has 1 fully saturated rings. The van der Waals surface area contributed by atoms with E-state index in [1.807, 2.05) is 15.7 Å². The molecule has 1 amide bonds. The zero-order valence-electron chi connectivity index (χ0n) is 12.3. The Balaban J connectivity index is 1.48. The molecule has 1 aliphatic heterocycles. The lowest BCUT2D eigenvalue weighted by Crippen LogP contribution is -2.49. The third kappa shape index (κ3) is 3.36. The third-order valence-corrected chi connectivity index (χ3v) is 3.83. The van der Waals surface area contributed by atoms with E-state index < -0.39 is 0 Å². The van der Waals surface area contributed by atoms with E-state index in [1.54, 1.807) is 24.7 Å². The first-order chi connectivity index (χ1) is 10.7. The Labute approximate surface area is 128 Å². The van der Waals surface area contributed by atoms with Gasteiger partial charge in [0.25, 0.3) is 0 Å². The quantitative estimate of drug-likeness (QED) is 0.901. The molecule has 22 heavy (non-hydrogen) atoms. The predicted octanol–water partition coefficient (Wildman–Crippen LogP) is 0.723. The van der Waals surface area contributed by atoms with Gasteiger partial charge >= 0.3 is 0 Å². The van der Waals surface area contributed by atoms with Crippen LogP contribution in [0, 0.1) is 0 Å². The molecule has 0 atom stereocenters. The molecule has 116 valence electrons. The Morgan fingerprint density at radius 3 is 2.68 bits per heavy atom. The van der Waals surface area contributed by atoms with Crippen molar-refractivity contribution in [3.05, 3.63) is 37.1 Å². The van der Waals surface area contributed by atoms with E-state index in [0.717, 1.165) is 18.9 Å². The second-order valence-electron chi connectivity index (χ2n) is 5.29. The first-order valence-corrected chi connectivity index (χ1v) is 7.36. The van der Waals surface area contributed by atoms with Gasteiger partial charge < -0.3 is 19.5 Å². The molecular weight excluding hydrogens is 282 g/mol. The van der Waals surface area contributed by atoms with Crippen molar-refractivity contribution in [2.75, 3.05) is 31.1 Å². The first kappa shape index (κ1) is 14.4. The molecule has 1 aliphatic rings. The van der Waals surface area contributed by atoms with Crippen LogP contribution in [0.25, 0.3) is 0 Å². The van der Waals surface area contributed by atoms with Crippen LogP contribution in [0.1, 0.15) is 6.42 Å². The number of carbonyl (C=O) groups excluding carboxylic acids is 1. The number of piperazine rings is 1. The van der Waals surface area contributed by atoms with E-state index in [1.165, 1.54) is 6.20 Å². The molecule has 0 saturated carbocycles. The number of carbonyl (C=O) groups is 1. The minimum Gasteiger partial charge on any atom is -0.506 e. The Kier molecular flexibility index (Phi) is 4.22. The van der Waals surface area contributed by atoms with Gasteiger partial charge in [0.2, 0.25) is 5.91 Å². The van der Waals surface area contributed by atoms with E-state index >= 15 is 0 Å². The van der Waals surface area contributed by atoms with Crippen LogP contribution in [0.3, 0.4) is 0 Å². The predicted molar refractivity (Wildman–Crippen MR) is 81.5 cm³/mol. The molecule has 2 aromatic rings. The summed E-state index contributed by atoms with van der Waals surface area (Å²) in [5.74, 6) is 1.17. The van der Waals surface area contributed by atoms with Crippen LogP contribution in [-0.4, -0.2) is 56.6 Å². The Morgan fingerprint density at radius 1 is 1.23 bits per heavy atom. The molecule has 0 radical (unpaired) electrons. The lowest BCUT2D eigenvalue weighted by atomic mass is 10.2. The Bertz CT molecular complexity index is 603. The number of imidazole rings is 1. The molecule has 1 saturated heterocycles. The number of aryl methyl sites for hydroxylation is 1. The van der Waals surface area contributed by atoms with Gasteiger partial charge in [-0.2, -0.15) is 0 Å². The Hall–Kier alpha value is -2.57. The van der Waals surface area contributed by atoms with E-state index in [4.69, 9.17) is 0 Å². The fraction of sp³-hybridized carbons (Fsp3) is 0.400. The fourth-order valence-electron chi connectivity index (χ4n) is 2.55. The number of aromatic hydroxyl groups is 1. The summed E-state index contributed by atoms with van der Waals surface area (Å²) in [6.07, 6.45) is 7.24. The maximum absolute atomic E-state index is 12.2. The maximum Gasteiger partial charge on any atom is 0.224 e. The van der Waals surface area contributed by atoms with Crippen LogP contribution < -0.4 is 4.90 Å². The molecule has 3 rings (SSSR count). The number of amides is 1. The van der Waals surface area contributed by atoms with Gasteiger partial charge in [-0.25, -0.2) is 9.97 Å². The third-order valence-electron chi connectivity index (χ3n) is 3.83. The monoisotopic (exact) mass is 301 g/mol. The summed E-state index contributed by atoms with van der Waals surface area (Å²) >= 11 is 0. The number of hydrogen-bond acceptors (Lipinski definition) is 5. The number of anilines is 1. The van der Waals surface area contributed by atoms with Crippen LogP contribution >= 0.6 is 0 Å². The number of hydrogen-bond donors (Lipinski definition) is 1. The van der Waals surface area contributed by atoms with Crippen LogP contribution in [0.5, 0.6) is 5.75 Å². The molecule has 1 N–H and O–H groups in total. The van der Waals surface area contributed by atoms with Crippen LogP contribution in [0.4, 0.5) is 5.82 Å². The summed E-state index contributed by atoms with van der Waals surface area (Å²) < 4.78 is 1.91. The van der Waals surface area contributed by atoms with Crippen molar-refractivity contribution in [3.8, 4) is 5.75 Å². The minimum absolute atomic E-state index is 0.164. The molecule has 0 spiro atoms. The van der Waals surface area contributed by atoms with Gasteiger partial charge in [0, 0.05) is 51.5 Å². The molecule has 0 aliphatic carbocycles. The highest BCUT2D eigenvalue weighted by Gasteiger charge is 2.21. The fourth-order valence-corrected chi connectivity index (χ4v) is 2.55. The second kappa shape index (κ2) is 6.46. The number of nitrogens with zero attached hydrogens (tertiary/aromatic N) is 5. The van der Waals surface area contributed by atoms with Crippen molar-refractivity contribution in [1.82, 2.24) is 19.4 Å².